The molecule has 1 saturated heterocycles. The Hall–Kier alpha value is -1.05. The van der Waals surface area contributed by atoms with Crippen LogP contribution in [0, 0.1) is 11.8 Å². The molecular weight excluding hydrogens is 180 g/mol. The van der Waals surface area contributed by atoms with Gasteiger partial charge in [-0.1, -0.05) is 11.8 Å². The van der Waals surface area contributed by atoms with Crippen molar-refractivity contribution in [3.8, 4) is 11.8 Å². The van der Waals surface area contributed by atoms with Crippen LogP contribution in [0.4, 0.5) is 0 Å². The highest BCUT2D eigenvalue weighted by molar-refractivity contribution is 5.79. The molecule has 1 rings (SSSR count). The summed E-state index contributed by atoms with van der Waals surface area (Å²) in [5.74, 6) is 5.96. The van der Waals surface area contributed by atoms with Gasteiger partial charge in [-0.3, -0.25) is 9.69 Å². The molecule has 0 aliphatic carbocycles. The van der Waals surface area contributed by atoms with Crippen molar-refractivity contribution in [1.29, 1.82) is 0 Å². The van der Waals surface area contributed by atoms with E-state index in [4.69, 9.17) is 4.74 Å². The van der Waals surface area contributed by atoms with Crippen LogP contribution in [-0.2, 0) is 9.53 Å². The maximum Gasteiger partial charge on any atom is 0.251 e. The van der Waals surface area contributed by atoms with Crippen LogP contribution in [0.5, 0.6) is 0 Å². The van der Waals surface area contributed by atoms with Crippen LogP contribution in [-0.4, -0.2) is 55.7 Å². The van der Waals surface area contributed by atoms with E-state index in [0.29, 0.717) is 6.54 Å². The number of amides is 1. The maximum atomic E-state index is 11.2. The minimum atomic E-state index is -0.129. The van der Waals surface area contributed by atoms with Gasteiger partial charge in [0.1, 0.15) is 12.8 Å². The number of rotatable bonds is 2. The summed E-state index contributed by atoms with van der Waals surface area (Å²) in [4.78, 5) is 14.9. The van der Waals surface area contributed by atoms with Gasteiger partial charge in [0.15, 0.2) is 0 Å². The lowest BCUT2D eigenvalue weighted by Crippen LogP contribution is -2.32. The largest absolute Gasteiger partial charge is 0.349 e. The van der Waals surface area contributed by atoms with Crippen LogP contribution >= 0.6 is 0 Å². The summed E-state index contributed by atoms with van der Waals surface area (Å²) in [7, 11) is 3.92. The number of ether oxygens (including phenoxy) is 1. The zero-order valence-electron chi connectivity index (χ0n) is 8.91. The van der Waals surface area contributed by atoms with E-state index >= 15 is 0 Å². The molecule has 1 amide bonds. The quantitative estimate of drug-likeness (QED) is 0.571. The lowest BCUT2D eigenvalue weighted by molar-refractivity contribution is -0.127. The first-order chi connectivity index (χ1) is 6.61. The van der Waals surface area contributed by atoms with Crippen LogP contribution in [0.1, 0.15) is 6.92 Å². The summed E-state index contributed by atoms with van der Waals surface area (Å²) in [6.07, 6.45) is -0.129. The van der Waals surface area contributed by atoms with Gasteiger partial charge >= 0.3 is 0 Å². The van der Waals surface area contributed by atoms with E-state index in [9.17, 15) is 4.79 Å². The van der Waals surface area contributed by atoms with Crippen LogP contribution in [0.15, 0.2) is 0 Å². The molecule has 0 spiro atoms. The molecule has 0 aromatic rings. The summed E-state index contributed by atoms with van der Waals surface area (Å²) in [6.45, 7) is 3.24. The molecule has 0 bridgehead atoms. The van der Waals surface area contributed by atoms with Crippen molar-refractivity contribution >= 4 is 5.91 Å². The molecule has 78 valence electrons. The molecule has 0 aromatic heterocycles. The smallest absolute Gasteiger partial charge is 0.251 e. The Morgan fingerprint density at radius 3 is 2.79 bits per heavy atom. The Labute approximate surface area is 84.8 Å². The van der Waals surface area contributed by atoms with Gasteiger partial charge in [-0.25, -0.2) is 0 Å². The Morgan fingerprint density at radius 2 is 2.29 bits per heavy atom. The fourth-order valence-electron chi connectivity index (χ4n) is 1.14. The van der Waals surface area contributed by atoms with E-state index in [1.165, 1.54) is 0 Å². The van der Waals surface area contributed by atoms with Crippen molar-refractivity contribution in [2.75, 3.05) is 33.8 Å². The number of carbonyl (C=O) groups is 1. The standard InChI is InChI=1S/C10H16N2O2/c1-9-12(10(13)8-14-9)7-5-4-6-11(2)3/h9H,6-8H2,1-3H3. The van der Waals surface area contributed by atoms with Gasteiger partial charge < -0.3 is 9.64 Å². The topological polar surface area (TPSA) is 32.8 Å². The molecule has 1 fully saturated rings. The zero-order valence-corrected chi connectivity index (χ0v) is 8.91. The molecule has 0 radical (unpaired) electrons. The zero-order chi connectivity index (χ0) is 10.6. The summed E-state index contributed by atoms with van der Waals surface area (Å²) in [6, 6.07) is 0. The molecule has 4 nitrogen and oxygen atoms in total. The lowest BCUT2D eigenvalue weighted by atomic mass is 10.4. The van der Waals surface area contributed by atoms with Crippen molar-refractivity contribution < 1.29 is 9.53 Å². The molecule has 1 aliphatic rings. The predicted molar refractivity (Wildman–Crippen MR) is 53.5 cm³/mol. The molecule has 0 aromatic carbocycles. The SMILES string of the molecule is CC1OCC(=O)N1CC#CCN(C)C. The third kappa shape index (κ3) is 3.02. The van der Waals surface area contributed by atoms with Crippen molar-refractivity contribution in [2.24, 2.45) is 0 Å². The van der Waals surface area contributed by atoms with Crippen LogP contribution in [0.3, 0.4) is 0 Å². The first-order valence-electron chi connectivity index (χ1n) is 4.63. The van der Waals surface area contributed by atoms with Crippen LogP contribution in [0.25, 0.3) is 0 Å². The van der Waals surface area contributed by atoms with E-state index in [1.54, 1.807) is 4.90 Å². The van der Waals surface area contributed by atoms with E-state index < -0.39 is 0 Å². The lowest BCUT2D eigenvalue weighted by Gasteiger charge is -2.15. The molecule has 0 N–H and O–H groups in total. The van der Waals surface area contributed by atoms with Gasteiger partial charge in [-0.05, 0) is 21.0 Å². The minimum absolute atomic E-state index is 0.0247. The first kappa shape index (κ1) is 11.0. The Bertz CT molecular complexity index is 265. The van der Waals surface area contributed by atoms with Gasteiger partial charge in [0.25, 0.3) is 5.91 Å². The van der Waals surface area contributed by atoms with Gasteiger partial charge in [-0.15, -0.1) is 0 Å². The second-order valence-electron chi connectivity index (χ2n) is 3.52. The van der Waals surface area contributed by atoms with E-state index in [2.05, 4.69) is 11.8 Å². The molecule has 1 unspecified atom stereocenters. The van der Waals surface area contributed by atoms with Gasteiger partial charge in [0, 0.05) is 0 Å². The highest BCUT2D eigenvalue weighted by atomic mass is 16.5. The summed E-state index contributed by atoms with van der Waals surface area (Å²) in [5, 5.41) is 0. The first-order valence-corrected chi connectivity index (χ1v) is 4.63. The molecule has 0 saturated carbocycles. The third-order valence-electron chi connectivity index (χ3n) is 1.98. The Morgan fingerprint density at radius 1 is 1.57 bits per heavy atom. The number of nitrogens with zero attached hydrogens (tertiary/aromatic N) is 2. The van der Waals surface area contributed by atoms with Crippen molar-refractivity contribution in [3.05, 3.63) is 0 Å². The van der Waals surface area contributed by atoms with E-state index in [0.717, 1.165) is 6.54 Å². The third-order valence-corrected chi connectivity index (χ3v) is 1.98. The van der Waals surface area contributed by atoms with Gasteiger partial charge in [0.05, 0.1) is 13.1 Å². The second kappa shape index (κ2) is 4.99. The normalized spacial score (nSPS) is 21.3. The van der Waals surface area contributed by atoms with Crippen LogP contribution < -0.4 is 0 Å². The average molecular weight is 196 g/mol. The highest BCUT2D eigenvalue weighted by Gasteiger charge is 2.26. The van der Waals surface area contributed by atoms with Crippen molar-refractivity contribution in [3.63, 3.8) is 0 Å². The highest BCUT2D eigenvalue weighted by Crippen LogP contribution is 2.08. The molecule has 4 heteroatoms. The summed E-state index contributed by atoms with van der Waals surface area (Å²) >= 11 is 0. The fraction of sp³-hybridized carbons (Fsp3) is 0.700. The van der Waals surface area contributed by atoms with E-state index in [1.807, 2.05) is 25.9 Å². The second-order valence-corrected chi connectivity index (χ2v) is 3.52. The Balaban J connectivity index is 2.35. The molecule has 1 aliphatic heterocycles. The summed E-state index contributed by atoms with van der Waals surface area (Å²) < 4.78 is 5.15. The van der Waals surface area contributed by atoms with Gasteiger partial charge in [-0.2, -0.15) is 0 Å². The number of hydrogen-bond acceptors (Lipinski definition) is 3. The molecule has 14 heavy (non-hydrogen) atoms. The number of carbonyl (C=O) groups excluding carboxylic acids is 1. The number of hydrogen-bond donors (Lipinski definition) is 0. The average Bonchev–Trinajstić information content (AvgIpc) is 2.42. The van der Waals surface area contributed by atoms with E-state index in [-0.39, 0.29) is 18.7 Å². The molecule has 1 atom stereocenters. The molecule has 1 heterocycles. The van der Waals surface area contributed by atoms with Crippen molar-refractivity contribution in [1.82, 2.24) is 9.80 Å². The maximum absolute atomic E-state index is 11.2. The monoisotopic (exact) mass is 196 g/mol. The molecular formula is C10H16N2O2. The van der Waals surface area contributed by atoms with Gasteiger partial charge in [0.2, 0.25) is 0 Å². The fourth-order valence-corrected chi connectivity index (χ4v) is 1.14. The van der Waals surface area contributed by atoms with Crippen LogP contribution in [0.2, 0.25) is 0 Å². The Kier molecular flexibility index (Phi) is 3.93. The summed E-state index contributed by atoms with van der Waals surface area (Å²) in [5.41, 5.74) is 0. The minimum Gasteiger partial charge on any atom is -0.349 e. The predicted octanol–water partition coefficient (Wildman–Crippen LogP) is -0.244. The van der Waals surface area contributed by atoms with Crippen molar-refractivity contribution in [2.45, 2.75) is 13.2 Å².